The van der Waals surface area contributed by atoms with E-state index < -0.39 is 28.8 Å². The van der Waals surface area contributed by atoms with Crippen molar-refractivity contribution in [2.75, 3.05) is 0 Å². The first-order chi connectivity index (χ1) is 9.41. The number of hydrogen-bond donors (Lipinski definition) is 3. The maximum atomic E-state index is 12.4. The van der Waals surface area contributed by atoms with Crippen LogP contribution < -0.4 is 0 Å². The Morgan fingerprint density at radius 2 is 1.55 bits per heavy atom. The van der Waals surface area contributed by atoms with Gasteiger partial charge in [-0.3, -0.25) is 14.6 Å². The minimum atomic E-state index is -0.712. The van der Waals surface area contributed by atoms with Crippen LogP contribution in [0.4, 0.5) is 0 Å². The molecular formula is C14H9NO5. The van der Waals surface area contributed by atoms with Gasteiger partial charge in [-0.15, -0.1) is 0 Å². The van der Waals surface area contributed by atoms with E-state index >= 15 is 0 Å². The van der Waals surface area contributed by atoms with Crippen LogP contribution in [0.25, 0.3) is 0 Å². The standard InChI is InChI=1S/C14H9NO5/c1-5-2-6-7(4-15-5)13(19)10-8(16)3-9(17)14(20)11(10)12(6)18/h2-4,16-17,20H,1H3. The third-order valence-electron chi connectivity index (χ3n) is 3.24. The molecule has 1 aliphatic rings. The lowest BCUT2D eigenvalue weighted by Gasteiger charge is -2.19. The van der Waals surface area contributed by atoms with E-state index in [1.54, 1.807) is 6.92 Å². The molecule has 0 spiro atoms. The SMILES string of the molecule is Cc1cc2c(cn1)C(=O)c1c(O)cc(O)c(O)c1C2=O. The van der Waals surface area contributed by atoms with Crippen molar-refractivity contribution in [2.24, 2.45) is 0 Å². The molecule has 3 N–H and O–H groups in total. The van der Waals surface area contributed by atoms with Crippen molar-refractivity contribution in [3.8, 4) is 17.2 Å². The molecule has 0 amide bonds. The van der Waals surface area contributed by atoms with Gasteiger partial charge in [-0.1, -0.05) is 0 Å². The van der Waals surface area contributed by atoms with Gasteiger partial charge < -0.3 is 15.3 Å². The van der Waals surface area contributed by atoms with Crippen LogP contribution in [-0.4, -0.2) is 31.9 Å². The molecule has 0 bridgehead atoms. The lowest BCUT2D eigenvalue weighted by Crippen LogP contribution is -2.21. The Kier molecular flexibility index (Phi) is 2.31. The highest BCUT2D eigenvalue weighted by atomic mass is 16.3. The highest BCUT2D eigenvalue weighted by Gasteiger charge is 2.36. The maximum Gasteiger partial charge on any atom is 0.199 e. The van der Waals surface area contributed by atoms with Gasteiger partial charge in [0.05, 0.1) is 16.7 Å². The summed E-state index contributed by atoms with van der Waals surface area (Å²) in [6.07, 6.45) is 1.26. The Balaban J connectivity index is 2.41. The van der Waals surface area contributed by atoms with Crippen molar-refractivity contribution >= 4 is 11.6 Å². The molecule has 1 aromatic carbocycles. The number of rotatable bonds is 0. The maximum absolute atomic E-state index is 12.4. The number of phenolic OH excluding ortho intramolecular Hbond substituents is 3. The molecule has 1 aliphatic carbocycles. The number of carbonyl (C=O) groups is 2. The van der Waals surface area contributed by atoms with Crippen molar-refractivity contribution in [3.05, 3.63) is 46.3 Å². The summed E-state index contributed by atoms with van der Waals surface area (Å²) in [6.45, 7) is 1.66. The monoisotopic (exact) mass is 271 g/mol. The number of aromatic hydroxyl groups is 3. The summed E-state index contributed by atoms with van der Waals surface area (Å²) < 4.78 is 0. The van der Waals surface area contributed by atoms with Crippen molar-refractivity contribution in [2.45, 2.75) is 6.92 Å². The number of aromatic nitrogens is 1. The number of phenols is 3. The van der Waals surface area contributed by atoms with Crippen molar-refractivity contribution < 1.29 is 24.9 Å². The molecule has 6 heteroatoms. The molecule has 20 heavy (non-hydrogen) atoms. The van der Waals surface area contributed by atoms with Crippen LogP contribution in [-0.2, 0) is 0 Å². The Bertz CT molecular complexity index is 795. The van der Waals surface area contributed by atoms with Gasteiger partial charge in [0.25, 0.3) is 0 Å². The van der Waals surface area contributed by atoms with E-state index in [9.17, 15) is 24.9 Å². The normalized spacial score (nSPS) is 13.1. The molecule has 0 aliphatic heterocycles. The van der Waals surface area contributed by atoms with E-state index in [0.29, 0.717) is 5.69 Å². The fourth-order valence-corrected chi connectivity index (χ4v) is 2.29. The minimum absolute atomic E-state index is 0.0634. The fourth-order valence-electron chi connectivity index (χ4n) is 2.29. The quantitative estimate of drug-likeness (QED) is 0.420. The second kappa shape index (κ2) is 3.80. The molecule has 1 heterocycles. The molecule has 0 saturated heterocycles. The summed E-state index contributed by atoms with van der Waals surface area (Å²) >= 11 is 0. The average molecular weight is 271 g/mol. The van der Waals surface area contributed by atoms with Crippen LogP contribution in [0.1, 0.15) is 37.5 Å². The van der Waals surface area contributed by atoms with Crippen LogP contribution in [0.2, 0.25) is 0 Å². The first-order valence-corrected chi connectivity index (χ1v) is 5.75. The Morgan fingerprint density at radius 3 is 2.25 bits per heavy atom. The van der Waals surface area contributed by atoms with E-state index in [1.807, 2.05) is 0 Å². The number of benzene rings is 1. The largest absolute Gasteiger partial charge is 0.507 e. The first kappa shape index (κ1) is 12.2. The minimum Gasteiger partial charge on any atom is -0.507 e. The number of pyridine rings is 1. The first-order valence-electron chi connectivity index (χ1n) is 5.75. The van der Waals surface area contributed by atoms with Gasteiger partial charge >= 0.3 is 0 Å². The van der Waals surface area contributed by atoms with Crippen LogP contribution >= 0.6 is 0 Å². The zero-order valence-electron chi connectivity index (χ0n) is 10.3. The van der Waals surface area contributed by atoms with E-state index in [-0.39, 0.29) is 22.3 Å². The van der Waals surface area contributed by atoms with E-state index in [2.05, 4.69) is 4.98 Å². The Hall–Kier alpha value is -2.89. The van der Waals surface area contributed by atoms with Crippen molar-refractivity contribution in [1.82, 2.24) is 4.98 Å². The van der Waals surface area contributed by atoms with E-state index in [0.717, 1.165) is 6.07 Å². The summed E-state index contributed by atoms with van der Waals surface area (Å²) in [5.74, 6) is -3.17. The van der Waals surface area contributed by atoms with Crippen molar-refractivity contribution in [1.29, 1.82) is 0 Å². The number of aryl methyl sites for hydroxylation is 1. The molecule has 2 aromatic rings. The smallest absolute Gasteiger partial charge is 0.199 e. The number of carbonyl (C=O) groups excluding carboxylic acids is 2. The van der Waals surface area contributed by atoms with E-state index in [1.165, 1.54) is 12.3 Å². The van der Waals surface area contributed by atoms with Crippen LogP contribution in [0.3, 0.4) is 0 Å². The zero-order chi connectivity index (χ0) is 14.6. The molecule has 0 saturated carbocycles. The van der Waals surface area contributed by atoms with Crippen molar-refractivity contribution in [3.63, 3.8) is 0 Å². The molecule has 100 valence electrons. The van der Waals surface area contributed by atoms with Crippen LogP contribution in [0, 0.1) is 6.92 Å². The van der Waals surface area contributed by atoms with Gasteiger partial charge in [-0.25, -0.2) is 0 Å². The number of nitrogens with zero attached hydrogens (tertiary/aromatic N) is 1. The summed E-state index contributed by atoms with van der Waals surface area (Å²) in [5, 5.41) is 29.0. The fraction of sp³-hybridized carbons (Fsp3) is 0.0714. The van der Waals surface area contributed by atoms with Gasteiger partial charge in [0, 0.05) is 23.5 Å². The van der Waals surface area contributed by atoms with Gasteiger partial charge in [-0.2, -0.15) is 0 Å². The average Bonchev–Trinajstić information content (AvgIpc) is 2.40. The predicted octanol–water partition coefficient (Wildman–Crippen LogP) is 1.28. The highest BCUT2D eigenvalue weighted by molar-refractivity contribution is 6.30. The third kappa shape index (κ3) is 1.41. The molecule has 0 fully saturated rings. The third-order valence-corrected chi connectivity index (χ3v) is 3.24. The molecule has 3 rings (SSSR count). The predicted molar refractivity (Wildman–Crippen MR) is 67.3 cm³/mol. The molecule has 0 unspecified atom stereocenters. The molecule has 0 atom stereocenters. The zero-order valence-corrected chi connectivity index (χ0v) is 10.3. The summed E-state index contributed by atoms with van der Waals surface area (Å²) in [5.41, 5.74) is -0.00458. The summed E-state index contributed by atoms with van der Waals surface area (Å²) in [6, 6.07) is 2.25. The Morgan fingerprint density at radius 1 is 0.900 bits per heavy atom. The number of fused-ring (bicyclic) bond motifs is 2. The number of ketones is 2. The van der Waals surface area contributed by atoms with Crippen LogP contribution in [0.15, 0.2) is 18.3 Å². The van der Waals surface area contributed by atoms with Gasteiger partial charge in [0.15, 0.2) is 23.1 Å². The number of hydrogen-bond acceptors (Lipinski definition) is 6. The highest BCUT2D eigenvalue weighted by Crippen LogP contribution is 2.42. The lowest BCUT2D eigenvalue weighted by atomic mass is 9.83. The molecule has 6 nitrogen and oxygen atoms in total. The molecular weight excluding hydrogens is 262 g/mol. The van der Waals surface area contributed by atoms with Gasteiger partial charge in [0.1, 0.15) is 5.75 Å². The second-order valence-corrected chi connectivity index (χ2v) is 4.54. The van der Waals surface area contributed by atoms with Gasteiger partial charge in [-0.05, 0) is 13.0 Å². The van der Waals surface area contributed by atoms with E-state index in [4.69, 9.17) is 0 Å². The molecule has 0 radical (unpaired) electrons. The topological polar surface area (TPSA) is 108 Å². The molecule has 1 aromatic heterocycles. The van der Waals surface area contributed by atoms with Crippen LogP contribution in [0.5, 0.6) is 17.2 Å². The lowest BCUT2D eigenvalue weighted by molar-refractivity contribution is 0.0973. The Labute approximate surface area is 113 Å². The second-order valence-electron chi connectivity index (χ2n) is 4.54. The summed E-state index contributed by atoms with van der Waals surface area (Å²) in [7, 11) is 0. The van der Waals surface area contributed by atoms with Gasteiger partial charge in [0.2, 0.25) is 0 Å². The summed E-state index contributed by atoms with van der Waals surface area (Å²) in [4.78, 5) is 28.6.